The van der Waals surface area contributed by atoms with E-state index in [1.54, 1.807) is 18.7 Å². The van der Waals surface area contributed by atoms with E-state index in [4.69, 9.17) is 21.1 Å². The number of anilines is 1. The van der Waals surface area contributed by atoms with Crippen molar-refractivity contribution in [1.29, 1.82) is 0 Å². The predicted molar refractivity (Wildman–Crippen MR) is 120 cm³/mol. The number of benzene rings is 1. The van der Waals surface area contributed by atoms with Gasteiger partial charge in [0, 0.05) is 43.7 Å². The number of carbonyl (C=O) groups excluding carboxylic acids is 2. The largest absolute Gasteiger partial charge is 0.471 e. The zero-order valence-electron chi connectivity index (χ0n) is 18.9. The van der Waals surface area contributed by atoms with Crippen LogP contribution in [-0.4, -0.2) is 47.2 Å². The van der Waals surface area contributed by atoms with Gasteiger partial charge in [0.15, 0.2) is 11.6 Å². The highest BCUT2D eigenvalue weighted by Crippen LogP contribution is 2.27. The lowest BCUT2D eigenvalue weighted by Gasteiger charge is -2.25. The minimum absolute atomic E-state index is 0.0746. The number of nitrogens with zero attached hydrogens (tertiary/aromatic N) is 3. The van der Waals surface area contributed by atoms with Gasteiger partial charge < -0.3 is 19.7 Å². The number of carbonyl (C=O) groups is 2. The van der Waals surface area contributed by atoms with Gasteiger partial charge >= 0.3 is 5.97 Å². The first-order valence-electron chi connectivity index (χ1n) is 10.6. The minimum Gasteiger partial charge on any atom is -0.471 e. The molecular formula is C22H25ClF2N4O5. The first-order valence-corrected chi connectivity index (χ1v) is 11.0. The molecule has 184 valence electrons. The number of esters is 1. The number of amides is 1. The maximum absolute atomic E-state index is 14.0. The number of nitrogens with one attached hydrogen (secondary N) is 1. The molecular weight excluding hydrogens is 474 g/mol. The molecule has 3 rings (SSSR count). The maximum atomic E-state index is 14.0. The highest BCUT2D eigenvalue weighted by Gasteiger charge is 2.29. The van der Waals surface area contributed by atoms with Crippen LogP contribution in [0.5, 0.6) is 5.88 Å². The van der Waals surface area contributed by atoms with E-state index in [0.717, 1.165) is 12.1 Å². The fraction of sp³-hybridized carbons (Fsp3) is 0.455. The summed E-state index contributed by atoms with van der Waals surface area (Å²) < 4.78 is 38.8. The van der Waals surface area contributed by atoms with Gasteiger partial charge in [-0.1, -0.05) is 11.6 Å². The van der Waals surface area contributed by atoms with Crippen molar-refractivity contribution in [3.05, 3.63) is 50.8 Å². The zero-order valence-corrected chi connectivity index (χ0v) is 19.7. The summed E-state index contributed by atoms with van der Waals surface area (Å²) in [6.07, 6.45) is 0.569. The number of hydrogen-bond donors (Lipinski definition) is 1. The normalized spacial score (nSPS) is 15.5. The summed E-state index contributed by atoms with van der Waals surface area (Å²) in [5, 5.41) is 2.52. The molecule has 1 aliphatic rings. The first kappa shape index (κ1) is 25.4. The van der Waals surface area contributed by atoms with Gasteiger partial charge in [0.2, 0.25) is 11.8 Å². The summed E-state index contributed by atoms with van der Waals surface area (Å²) in [7, 11) is 0. The Labute approximate surface area is 199 Å². The van der Waals surface area contributed by atoms with Crippen molar-refractivity contribution in [3.8, 4) is 5.88 Å². The third kappa shape index (κ3) is 6.02. The molecule has 9 nitrogen and oxygen atoms in total. The number of hydrogen-bond acceptors (Lipinski definition) is 7. The lowest BCUT2D eigenvalue weighted by Crippen LogP contribution is -2.40. The third-order valence-corrected chi connectivity index (χ3v) is 5.47. The molecule has 2 aromatic rings. The smallest absolute Gasteiger partial charge is 0.303 e. The molecule has 1 atom stereocenters. The van der Waals surface area contributed by atoms with Gasteiger partial charge in [0.1, 0.15) is 18.2 Å². The van der Waals surface area contributed by atoms with E-state index in [-0.39, 0.29) is 47.7 Å². The summed E-state index contributed by atoms with van der Waals surface area (Å²) >= 11 is 6.22. The van der Waals surface area contributed by atoms with Crippen molar-refractivity contribution in [1.82, 2.24) is 14.9 Å². The summed E-state index contributed by atoms with van der Waals surface area (Å²) in [5.41, 5.74) is -0.454. The molecule has 1 aromatic carbocycles. The lowest BCUT2D eigenvalue weighted by molar-refractivity contribution is -0.146. The second-order valence-corrected chi connectivity index (χ2v) is 8.48. The number of rotatable bonds is 8. The molecule has 1 saturated heterocycles. The van der Waals surface area contributed by atoms with Gasteiger partial charge in [-0.05, 0) is 32.4 Å². The van der Waals surface area contributed by atoms with E-state index in [2.05, 4.69) is 10.3 Å². The Kier molecular flexibility index (Phi) is 8.08. The summed E-state index contributed by atoms with van der Waals surface area (Å²) in [6.45, 7) is 4.95. The van der Waals surface area contributed by atoms with E-state index < -0.39 is 29.1 Å². The maximum Gasteiger partial charge on any atom is 0.303 e. The van der Waals surface area contributed by atoms with Crippen molar-refractivity contribution >= 4 is 29.4 Å². The van der Waals surface area contributed by atoms with Gasteiger partial charge in [-0.15, -0.1) is 0 Å². The molecule has 0 bridgehead atoms. The molecule has 0 spiro atoms. The fourth-order valence-corrected chi connectivity index (χ4v) is 3.73. The van der Waals surface area contributed by atoms with Gasteiger partial charge in [-0.25, -0.2) is 8.78 Å². The van der Waals surface area contributed by atoms with Gasteiger partial charge in [0.25, 0.3) is 11.5 Å². The van der Waals surface area contributed by atoms with Crippen LogP contribution in [0, 0.1) is 11.6 Å². The molecule has 0 radical (unpaired) electrons. The number of aromatic nitrogens is 2. The number of ether oxygens (including phenoxy) is 2. The average Bonchev–Trinajstić information content (AvgIpc) is 3.22. The fourth-order valence-electron chi connectivity index (χ4n) is 3.55. The van der Waals surface area contributed by atoms with Crippen molar-refractivity contribution in [2.45, 2.75) is 45.9 Å². The van der Waals surface area contributed by atoms with Crippen LogP contribution in [-0.2, 0) is 20.9 Å². The van der Waals surface area contributed by atoms with Gasteiger partial charge in [0.05, 0.1) is 0 Å². The molecule has 1 aromatic heterocycles. The predicted octanol–water partition coefficient (Wildman–Crippen LogP) is 2.59. The van der Waals surface area contributed by atoms with Crippen molar-refractivity contribution < 1.29 is 27.8 Å². The molecule has 0 aliphatic carbocycles. The Balaban J connectivity index is 1.81. The summed E-state index contributed by atoms with van der Waals surface area (Å²) in [4.78, 5) is 42.1. The monoisotopic (exact) mass is 498 g/mol. The van der Waals surface area contributed by atoms with Crippen LogP contribution in [0.25, 0.3) is 0 Å². The molecule has 34 heavy (non-hydrogen) atoms. The van der Waals surface area contributed by atoms with E-state index in [0.29, 0.717) is 19.5 Å². The average molecular weight is 499 g/mol. The van der Waals surface area contributed by atoms with E-state index in [9.17, 15) is 23.2 Å². The molecule has 0 saturated carbocycles. The van der Waals surface area contributed by atoms with E-state index >= 15 is 0 Å². The van der Waals surface area contributed by atoms with Crippen LogP contribution in [0.2, 0.25) is 5.02 Å². The third-order valence-electron chi connectivity index (χ3n) is 5.15. The molecule has 12 heteroatoms. The highest BCUT2D eigenvalue weighted by molar-refractivity contribution is 6.31. The molecule has 1 N–H and O–H groups in total. The van der Waals surface area contributed by atoms with Crippen LogP contribution in [0.3, 0.4) is 0 Å². The van der Waals surface area contributed by atoms with Crippen LogP contribution < -0.4 is 20.5 Å². The Bertz CT molecular complexity index is 1140. The molecule has 1 fully saturated rings. The molecule has 1 aliphatic heterocycles. The topological polar surface area (TPSA) is 103 Å². The first-order chi connectivity index (χ1) is 16.1. The Hall–Kier alpha value is -3.21. The zero-order chi connectivity index (χ0) is 25.0. The van der Waals surface area contributed by atoms with Crippen molar-refractivity contribution in [3.63, 3.8) is 0 Å². The van der Waals surface area contributed by atoms with Crippen LogP contribution in [0.15, 0.2) is 23.0 Å². The van der Waals surface area contributed by atoms with Crippen LogP contribution in [0.1, 0.15) is 38.8 Å². The van der Waals surface area contributed by atoms with Crippen LogP contribution in [0.4, 0.5) is 14.7 Å². The Morgan fingerprint density at radius 2 is 2.06 bits per heavy atom. The Morgan fingerprint density at radius 1 is 1.32 bits per heavy atom. The minimum atomic E-state index is -0.793. The quantitative estimate of drug-likeness (QED) is 0.558. The van der Waals surface area contributed by atoms with Crippen LogP contribution >= 0.6 is 11.6 Å². The van der Waals surface area contributed by atoms with Crippen molar-refractivity contribution in [2.24, 2.45) is 0 Å². The molecule has 2 heterocycles. The van der Waals surface area contributed by atoms with Gasteiger partial charge in [-0.3, -0.25) is 19.0 Å². The van der Waals surface area contributed by atoms with Crippen molar-refractivity contribution in [2.75, 3.05) is 24.6 Å². The summed E-state index contributed by atoms with van der Waals surface area (Å²) in [6, 6.07) is 2.52. The lowest BCUT2D eigenvalue weighted by atomic mass is 10.2. The molecule has 1 amide bonds. The second kappa shape index (κ2) is 10.8. The number of halogens is 3. The Morgan fingerprint density at radius 3 is 2.71 bits per heavy atom. The second-order valence-electron chi connectivity index (χ2n) is 8.10. The summed E-state index contributed by atoms with van der Waals surface area (Å²) in [5.74, 6) is -2.39. The van der Waals surface area contributed by atoms with E-state index in [1.807, 2.05) is 0 Å². The van der Waals surface area contributed by atoms with E-state index in [1.165, 1.54) is 17.6 Å². The molecule has 0 unspecified atom stereocenters. The SMILES string of the molecule is CC(=O)OCC(=O)N[C@H]1CCN(c2nc(OCc3ccc(F)cc3F)c(Cl)c(=O)n2C(C)C)C1. The standard InChI is InChI=1S/C22H25ClF2N4O5/c1-12(2)29-21(32)19(23)20(34-10-14-4-5-15(24)8-17(14)25)27-22(29)28-7-6-16(9-28)26-18(31)11-33-13(3)30/h4-5,8,12,16H,6-7,9-11H2,1-3H3,(H,26,31)/t16-/m0/s1. The van der Waals surface area contributed by atoms with Gasteiger partial charge in [-0.2, -0.15) is 4.98 Å². The highest BCUT2D eigenvalue weighted by atomic mass is 35.5.